The van der Waals surface area contributed by atoms with Gasteiger partial charge in [-0.2, -0.15) is 9.61 Å². The maximum Gasteiger partial charge on any atom is 0.234 e. The maximum absolute atomic E-state index is 4.77. The number of hydrogen-bond donors (Lipinski definition) is 1. The van der Waals surface area contributed by atoms with Crippen molar-refractivity contribution >= 4 is 16.3 Å². The fraction of sp³-hybridized carbons (Fsp3) is 0.750. The highest BCUT2D eigenvalue weighted by atomic mass is 32.1. The number of hydrogen-bond acceptors (Lipinski definition) is 5. The van der Waals surface area contributed by atoms with Gasteiger partial charge in [0.2, 0.25) is 4.96 Å². The monoisotopic (exact) mass is 263 g/mol. The van der Waals surface area contributed by atoms with Crippen LogP contribution in [0.1, 0.15) is 54.8 Å². The van der Waals surface area contributed by atoms with Crippen LogP contribution in [-0.4, -0.2) is 32.9 Å². The molecule has 18 heavy (non-hydrogen) atoms. The van der Waals surface area contributed by atoms with Crippen LogP contribution < -0.4 is 5.32 Å². The molecule has 0 spiro atoms. The minimum Gasteiger partial charge on any atom is -0.316 e. The Bertz CT molecular complexity index is 550. The zero-order valence-corrected chi connectivity index (χ0v) is 11.1. The normalized spacial score (nSPS) is 25.4. The van der Waals surface area contributed by atoms with Crippen molar-refractivity contribution in [1.29, 1.82) is 0 Å². The van der Waals surface area contributed by atoms with Crippen molar-refractivity contribution in [2.75, 3.05) is 13.1 Å². The number of nitrogens with zero attached hydrogens (tertiary/aromatic N) is 4. The molecule has 1 aliphatic carbocycles. The molecule has 3 heterocycles. The Balaban J connectivity index is 1.68. The zero-order valence-electron chi connectivity index (χ0n) is 10.3. The summed E-state index contributed by atoms with van der Waals surface area (Å²) in [7, 11) is 0. The lowest BCUT2D eigenvalue weighted by atomic mass is 9.85. The van der Waals surface area contributed by atoms with E-state index in [1.54, 1.807) is 11.3 Å². The molecule has 1 atom stereocenters. The van der Waals surface area contributed by atoms with E-state index in [1.807, 2.05) is 4.52 Å². The van der Waals surface area contributed by atoms with Gasteiger partial charge in [0.25, 0.3) is 0 Å². The highest BCUT2D eigenvalue weighted by Gasteiger charge is 2.27. The van der Waals surface area contributed by atoms with Gasteiger partial charge < -0.3 is 5.32 Å². The first kappa shape index (κ1) is 10.9. The summed E-state index contributed by atoms with van der Waals surface area (Å²) in [5.41, 5.74) is 0. The molecule has 2 aromatic heterocycles. The molecule has 0 amide bonds. The molecule has 0 aromatic carbocycles. The van der Waals surface area contributed by atoms with Crippen LogP contribution in [0.25, 0.3) is 4.96 Å². The Morgan fingerprint density at radius 3 is 2.72 bits per heavy atom. The van der Waals surface area contributed by atoms with Crippen molar-refractivity contribution in [2.24, 2.45) is 0 Å². The van der Waals surface area contributed by atoms with Gasteiger partial charge in [-0.1, -0.05) is 17.8 Å². The van der Waals surface area contributed by atoms with Gasteiger partial charge in [0.15, 0.2) is 5.82 Å². The van der Waals surface area contributed by atoms with Crippen LogP contribution in [0.2, 0.25) is 0 Å². The quantitative estimate of drug-likeness (QED) is 0.899. The van der Waals surface area contributed by atoms with Gasteiger partial charge in [0.05, 0.1) is 0 Å². The van der Waals surface area contributed by atoms with Gasteiger partial charge in [-0.25, -0.2) is 0 Å². The minimum atomic E-state index is 0.569. The Morgan fingerprint density at radius 1 is 1.11 bits per heavy atom. The van der Waals surface area contributed by atoms with Gasteiger partial charge in [-0.05, 0) is 32.2 Å². The van der Waals surface area contributed by atoms with E-state index in [9.17, 15) is 0 Å². The predicted octanol–water partition coefficient (Wildman–Crippen LogP) is 1.92. The Labute approximate surface area is 110 Å². The largest absolute Gasteiger partial charge is 0.316 e. The standard InChI is InChI=1S/C12H17N5S/c1-3-8(4-1)10-14-15-12-17(10)16-11(18-12)9-5-2-6-13-7-9/h8-9,13H,1-7H2. The first-order chi connectivity index (χ1) is 8.92. The van der Waals surface area contributed by atoms with Crippen molar-refractivity contribution in [3.05, 3.63) is 10.8 Å². The highest BCUT2D eigenvalue weighted by Crippen LogP contribution is 2.36. The summed E-state index contributed by atoms with van der Waals surface area (Å²) >= 11 is 1.71. The van der Waals surface area contributed by atoms with Crippen LogP contribution in [0.15, 0.2) is 0 Å². The van der Waals surface area contributed by atoms with Crippen molar-refractivity contribution < 1.29 is 0 Å². The first-order valence-electron chi connectivity index (χ1n) is 6.84. The molecule has 2 aliphatic rings. The van der Waals surface area contributed by atoms with E-state index in [2.05, 4.69) is 15.5 Å². The summed E-state index contributed by atoms with van der Waals surface area (Å²) in [5.74, 6) is 2.25. The van der Waals surface area contributed by atoms with Gasteiger partial charge in [-0.15, -0.1) is 10.2 Å². The summed E-state index contributed by atoms with van der Waals surface area (Å²) in [5, 5.41) is 18.0. The molecule has 0 bridgehead atoms. The Hall–Kier alpha value is -1.01. The molecule has 4 rings (SSSR count). The topological polar surface area (TPSA) is 55.1 Å². The Kier molecular flexibility index (Phi) is 2.58. The lowest BCUT2D eigenvalue weighted by Crippen LogP contribution is -2.28. The Morgan fingerprint density at radius 2 is 2.00 bits per heavy atom. The molecule has 1 aliphatic heterocycles. The third-order valence-corrected chi connectivity index (χ3v) is 5.21. The molecule has 1 saturated carbocycles. The molecule has 0 radical (unpaired) electrons. The summed E-state index contributed by atoms with van der Waals surface area (Å²) in [6.45, 7) is 2.21. The van der Waals surface area contributed by atoms with Gasteiger partial charge in [0, 0.05) is 18.4 Å². The maximum atomic E-state index is 4.77. The number of nitrogens with one attached hydrogen (secondary N) is 1. The smallest absolute Gasteiger partial charge is 0.234 e. The highest BCUT2D eigenvalue weighted by molar-refractivity contribution is 7.16. The summed E-state index contributed by atoms with van der Waals surface area (Å²) in [6, 6.07) is 0. The van der Waals surface area contributed by atoms with Crippen LogP contribution in [0.5, 0.6) is 0 Å². The van der Waals surface area contributed by atoms with Gasteiger partial charge in [0.1, 0.15) is 5.01 Å². The SMILES string of the molecule is C1CNCC(c2nn3c(C4CCC4)nnc3s2)C1. The fourth-order valence-corrected chi connectivity index (χ4v) is 3.78. The number of piperidine rings is 1. The molecule has 1 saturated heterocycles. The van der Waals surface area contributed by atoms with E-state index in [0.717, 1.165) is 23.9 Å². The second kappa shape index (κ2) is 4.28. The first-order valence-corrected chi connectivity index (χ1v) is 7.66. The third-order valence-electron chi connectivity index (χ3n) is 4.15. The summed E-state index contributed by atoms with van der Waals surface area (Å²) in [4.78, 5) is 0.970. The van der Waals surface area contributed by atoms with Crippen molar-refractivity contribution in [3.63, 3.8) is 0 Å². The lowest BCUT2D eigenvalue weighted by Gasteiger charge is -2.22. The van der Waals surface area contributed by atoms with Crippen LogP contribution in [-0.2, 0) is 0 Å². The summed E-state index contributed by atoms with van der Waals surface area (Å²) in [6.07, 6.45) is 6.32. The second-order valence-electron chi connectivity index (χ2n) is 5.36. The summed E-state index contributed by atoms with van der Waals surface area (Å²) < 4.78 is 2.00. The molecule has 6 heteroatoms. The minimum absolute atomic E-state index is 0.569. The number of fused-ring (bicyclic) bond motifs is 1. The van der Waals surface area contributed by atoms with Crippen LogP contribution in [0.4, 0.5) is 0 Å². The van der Waals surface area contributed by atoms with Crippen molar-refractivity contribution in [2.45, 2.75) is 43.9 Å². The average molecular weight is 263 g/mol. The molecular formula is C12H17N5S. The zero-order chi connectivity index (χ0) is 11.9. The van der Waals surface area contributed by atoms with Gasteiger partial charge >= 0.3 is 0 Å². The third kappa shape index (κ3) is 1.66. The fourth-order valence-electron chi connectivity index (χ4n) is 2.80. The van der Waals surface area contributed by atoms with Gasteiger partial charge in [-0.3, -0.25) is 0 Å². The average Bonchev–Trinajstić information content (AvgIpc) is 2.90. The van der Waals surface area contributed by atoms with Crippen molar-refractivity contribution in [1.82, 2.24) is 25.1 Å². The van der Waals surface area contributed by atoms with Crippen LogP contribution in [0.3, 0.4) is 0 Å². The molecule has 2 aromatic rings. The lowest BCUT2D eigenvalue weighted by molar-refractivity contribution is 0.393. The van der Waals surface area contributed by atoms with E-state index >= 15 is 0 Å². The second-order valence-corrected chi connectivity index (χ2v) is 6.35. The van der Waals surface area contributed by atoms with Crippen molar-refractivity contribution in [3.8, 4) is 0 Å². The number of aromatic nitrogens is 4. The van der Waals surface area contributed by atoms with E-state index in [4.69, 9.17) is 5.10 Å². The molecule has 1 N–H and O–H groups in total. The molecular weight excluding hydrogens is 246 g/mol. The van der Waals surface area contributed by atoms with Crippen LogP contribution in [0, 0.1) is 0 Å². The van der Waals surface area contributed by atoms with E-state index in [-0.39, 0.29) is 0 Å². The van der Waals surface area contributed by atoms with Crippen LogP contribution >= 0.6 is 11.3 Å². The molecule has 5 nitrogen and oxygen atoms in total. The van der Waals surface area contributed by atoms with E-state index < -0.39 is 0 Å². The molecule has 1 unspecified atom stereocenters. The molecule has 2 fully saturated rings. The number of rotatable bonds is 2. The predicted molar refractivity (Wildman–Crippen MR) is 70.1 cm³/mol. The van der Waals surface area contributed by atoms with E-state index in [0.29, 0.717) is 11.8 Å². The molecule has 96 valence electrons. The van der Waals surface area contributed by atoms with E-state index in [1.165, 1.54) is 37.1 Å².